The van der Waals surface area contributed by atoms with Crippen molar-refractivity contribution in [2.45, 2.75) is 31.0 Å². The molecule has 0 aromatic carbocycles. The molecule has 6 N–H and O–H groups in total. The van der Waals surface area contributed by atoms with Crippen LogP contribution < -0.4 is 16.4 Å². The first-order valence-electron chi connectivity index (χ1n) is 7.55. The SMILES string of the molecule is CSCC[C@H](NC(=O)[C@H](CS)NC(=O)[C@@H](N)Cc1cnc[nH]1)C(=O)O. The van der Waals surface area contributed by atoms with Crippen molar-refractivity contribution in [1.82, 2.24) is 20.6 Å². The van der Waals surface area contributed by atoms with Gasteiger partial charge in [-0.05, 0) is 18.4 Å². The topological polar surface area (TPSA) is 150 Å². The van der Waals surface area contributed by atoms with Crippen molar-refractivity contribution in [2.24, 2.45) is 5.73 Å². The average Bonchev–Trinajstić information content (AvgIpc) is 3.08. The zero-order chi connectivity index (χ0) is 18.8. The maximum atomic E-state index is 12.2. The van der Waals surface area contributed by atoms with Gasteiger partial charge in [0.2, 0.25) is 11.8 Å². The first-order valence-corrected chi connectivity index (χ1v) is 9.57. The Morgan fingerprint density at radius 1 is 1.36 bits per heavy atom. The number of carboxylic acid groups (broad SMARTS) is 1. The summed E-state index contributed by atoms with van der Waals surface area (Å²) in [6, 6.07) is -2.86. The number of rotatable bonds is 11. The van der Waals surface area contributed by atoms with Crippen molar-refractivity contribution >= 4 is 42.2 Å². The molecule has 9 nitrogen and oxygen atoms in total. The Hall–Kier alpha value is -1.72. The van der Waals surface area contributed by atoms with E-state index in [2.05, 4.69) is 33.2 Å². The maximum absolute atomic E-state index is 12.2. The number of nitrogens with zero attached hydrogens (tertiary/aromatic N) is 1. The van der Waals surface area contributed by atoms with E-state index in [0.29, 0.717) is 11.4 Å². The monoisotopic (exact) mass is 389 g/mol. The number of carbonyl (C=O) groups excluding carboxylic acids is 2. The van der Waals surface area contributed by atoms with Crippen molar-refractivity contribution in [1.29, 1.82) is 0 Å². The summed E-state index contributed by atoms with van der Waals surface area (Å²) in [5, 5.41) is 14.1. The number of hydrogen-bond donors (Lipinski definition) is 6. The van der Waals surface area contributed by atoms with Crippen LogP contribution in [0.3, 0.4) is 0 Å². The van der Waals surface area contributed by atoms with E-state index >= 15 is 0 Å². The zero-order valence-corrected chi connectivity index (χ0v) is 15.5. The number of aromatic nitrogens is 2. The molecular weight excluding hydrogens is 366 g/mol. The summed E-state index contributed by atoms with van der Waals surface area (Å²) in [7, 11) is 0. The van der Waals surface area contributed by atoms with Gasteiger partial charge in [0.1, 0.15) is 12.1 Å². The Bertz CT molecular complexity index is 570. The van der Waals surface area contributed by atoms with Gasteiger partial charge < -0.3 is 26.5 Å². The van der Waals surface area contributed by atoms with E-state index < -0.39 is 35.9 Å². The van der Waals surface area contributed by atoms with E-state index in [4.69, 9.17) is 10.8 Å². The quantitative estimate of drug-likeness (QED) is 0.266. The fourth-order valence-corrected chi connectivity index (χ4v) is 2.69. The summed E-state index contributed by atoms with van der Waals surface area (Å²) in [6.45, 7) is 0. The maximum Gasteiger partial charge on any atom is 0.326 e. The number of amides is 2. The van der Waals surface area contributed by atoms with Gasteiger partial charge in [0.15, 0.2) is 0 Å². The number of thioether (sulfide) groups is 1. The van der Waals surface area contributed by atoms with Gasteiger partial charge in [0.25, 0.3) is 0 Å². The van der Waals surface area contributed by atoms with Crippen molar-refractivity contribution in [3.63, 3.8) is 0 Å². The predicted molar refractivity (Wildman–Crippen MR) is 98.6 cm³/mol. The van der Waals surface area contributed by atoms with Crippen molar-refractivity contribution in [3.8, 4) is 0 Å². The number of imidazole rings is 1. The van der Waals surface area contributed by atoms with Crippen LogP contribution in [-0.2, 0) is 20.8 Å². The van der Waals surface area contributed by atoms with Crippen molar-refractivity contribution < 1.29 is 19.5 Å². The van der Waals surface area contributed by atoms with Gasteiger partial charge in [-0.15, -0.1) is 0 Å². The van der Waals surface area contributed by atoms with Gasteiger partial charge in [0, 0.05) is 24.1 Å². The average molecular weight is 390 g/mol. The molecule has 1 aromatic heterocycles. The van der Waals surface area contributed by atoms with E-state index in [1.807, 2.05) is 6.26 Å². The number of nitrogens with one attached hydrogen (secondary N) is 3. The Labute approximate surface area is 155 Å². The lowest BCUT2D eigenvalue weighted by Crippen LogP contribution is -2.55. The Kier molecular flexibility index (Phi) is 9.39. The summed E-state index contributed by atoms with van der Waals surface area (Å²) in [5.74, 6) is -1.65. The lowest BCUT2D eigenvalue weighted by Gasteiger charge is -2.21. The highest BCUT2D eigenvalue weighted by Gasteiger charge is 2.27. The summed E-state index contributed by atoms with van der Waals surface area (Å²) >= 11 is 5.53. The summed E-state index contributed by atoms with van der Waals surface area (Å²) in [6.07, 6.45) is 5.40. The van der Waals surface area contributed by atoms with Crippen molar-refractivity contribution in [2.75, 3.05) is 17.8 Å². The molecule has 0 saturated heterocycles. The van der Waals surface area contributed by atoms with Gasteiger partial charge in [-0.3, -0.25) is 9.59 Å². The molecule has 1 rings (SSSR count). The third-order valence-corrected chi connectivity index (χ3v) is 4.38. The van der Waals surface area contributed by atoms with Crippen LogP contribution in [0.15, 0.2) is 12.5 Å². The Morgan fingerprint density at radius 3 is 2.56 bits per heavy atom. The van der Waals surface area contributed by atoms with Crippen LogP contribution in [0.1, 0.15) is 12.1 Å². The first-order chi connectivity index (χ1) is 11.9. The number of carbonyl (C=O) groups is 3. The molecule has 140 valence electrons. The van der Waals surface area contributed by atoms with Gasteiger partial charge in [-0.25, -0.2) is 9.78 Å². The molecule has 25 heavy (non-hydrogen) atoms. The number of aliphatic carboxylic acids is 1. The smallest absolute Gasteiger partial charge is 0.326 e. The van der Waals surface area contributed by atoms with E-state index in [1.54, 1.807) is 6.20 Å². The summed E-state index contributed by atoms with van der Waals surface area (Å²) in [4.78, 5) is 42.2. The molecule has 0 aliphatic carbocycles. The third kappa shape index (κ3) is 7.36. The number of aromatic amines is 1. The highest BCUT2D eigenvalue weighted by Crippen LogP contribution is 2.03. The standard InChI is InChI=1S/C14H23N5O4S2/c1-25-3-2-10(14(22)23)18-13(21)11(6-24)19-12(20)9(15)4-8-5-16-7-17-8/h5,7,9-11,24H,2-4,6,15H2,1H3,(H,16,17)(H,18,21)(H,19,20)(H,22,23)/t9-,10-,11-/m0/s1. The van der Waals surface area contributed by atoms with E-state index in [0.717, 1.165) is 0 Å². The first kappa shape index (κ1) is 21.3. The van der Waals surface area contributed by atoms with E-state index in [-0.39, 0.29) is 18.6 Å². The fourth-order valence-electron chi connectivity index (χ4n) is 1.96. The van der Waals surface area contributed by atoms with Gasteiger partial charge in [-0.2, -0.15) is 24.4 Å². The van der Waals surface area contributed by atoms with Crippen LogP contribution >= 0.6 is 24.4 Å². The minimum Gasteiger partial charge on any atom is -0.480 e. The molecule has 1 aromatic rings. The predicted octanol–water partition coefficient (Wildman–Crippen LogP) is -0.983. The minimum absolute atomic E-state index is 0.0171. The van der Waals surface area contributed by atoms with Gasteiger partial charge in [-0.1, -0.05) is 0 Å². The molecule has 0 aliphatic rings. The Balaban J connectivity index is 2.59. The summed E-state index contributed by atoms with van der Waals surface area (Å²) in [5.41, 5.74) is 6.51. The number of hydrogen-bond acceptors (Lipinski definition) is 7. The molecule has 0 radical (unpaired) electrons. The third-order valence-electron chi connectivity index (χ3n) is 3.37. The molecule has 0 spiro atoms. The number of nitrogens with two attached hydrogens (primary N) is 1. The molecule has 1 heterocycles. The zero-order valence-electron chi connectivity index (χ0n) is 13.8. The van der Waals surface area contributed by atoms with Crippen LogP contribution in [0.5, 0.6) is 0 Å². The highest BCUT2D eigenvalue weighted by atomic mass is 32.2. The lowest BCUT2D eigenvalue weighted by molar-refractivity contribution is -0.142. The fraction of sp³-hybridized carbons (Fsp3) is 0.571. The van der Waals surface area contributed by atoms with Crippen LogP contribution in [-0.4, -0.2) is 68.7 Å². The molecule has 3 atom stereocenters. The molecule has 0 saturated carbocycles. The largest absolute Gasteiger partial charge is 0.480 e. The molecule has 0 aliphatic heterocycles. The van der Waals surface area contributed by atoms with Crippen molar-refractivity contribution in [3.05, 3.63) is 18.2 Å². The van der Waals surface area contributed by atoms with Crippen LogP contribution in [0.2, 0.25) is 0 Å². The second-order valence-electron chi connectivity index (χ2n) is 5.31. The van der Waals surface area contributed by atoms with Crippen LogP contribution in [0.4, 0.5) is 0 Å². The number of H-pyrrole nitrogens is 1. The molecule has 0 fully saturated rings. The van der Waals surface area contributed by atoms with Gasteiger partial charge in [0.05, 0.1) is 12.4 Å². The normalized spacial score (nSPS) is 14.4. The van der Waals surface area contributed by atoms with Crippen LogP contribution in [0, 0.1) is 0 Å². The second kappa shape index (κ2) is 11.0. The van der Waals surface area contributed by atoms with Crippen LogP contribution in [0.25, 0.3) is 0 Å². The molecular formula is C14H23N5O4S2. The minimum atomic E-state index is -1.12. The lowest BCUT2D eigenvalue weighted by atomic mass is 10.1. The van der Waals surface area contributed by atoms with E-state index in [1.165, 1.54) is 18.1 Å². The molecule has 11 heteroatoms. The second-order valence-corrected chi connectivity index (χ2v) is 6.66. The van der Waals surface area contributed by atoms with E-state index in [9.17, 15) is 14.4 Å². The molecule has 0 bridgehead atoms. The van der Waals surface area contributed by atoms with Gasteiger partial charge >= 0.3 is 5.97 Å². The number of thiol groups is 1. The number of carboxylic acids is 1. The molecule has 0 unspecified atom stereocenters. The Morgan fingerprint density at radius 2 is 2.04 bits per heavy atom. The molecule has 2 amide bonds. The highest BCUT2D eigenvalue weighted by molar-refractivity contribution is 7.98. The summed E-state index contributed by atoms with van der Waals surface area (Å²) < 4.78 is 0.